The molecule has 1 fully saturated rings. The van der Waals surface area contributed by atoms with Gasteiger partial charge in [0.15, 0.2) is 0 Å². The molecule has 0 aromatic heterocycles. The van der Waals surface area contributed by atoms with E-state index in [1.165, 1.54) is 12.0 Å². The normalized spacial score (nSPS) is 25.4. The Balaban J connectivity index is 2.29. The van der Waals surface area contributed by atoms with Crippen molar-refractivity contribution in [1.82, 2.24) is 10.2 Å². The molecule has 0 amide bonds. The fourth-order valence-corrected chi connectivity index (χ4v) is 3.65. The van der Waals surface area contributed by atoms with Gasteiger partial charge in [-0.2, -0.15) is 0 Å². The third-order valence-electron chi connectivity index (χ3n) is 3.52. The van der Waals surface area contributed by atoms with E-state index in [9.17, 15) is 0 Å². The number of nitrogens with zero attached hydrogens (tertiary/aromatic N) is 1. The van der Waals surface area contributed by atoms with Crippen LogP contribution < -0.4 is 5.32 Å². The zero-order valence-corrected chi connectivity index (χ0v) is 12.6. The fourth-order valence-electron chi connectivity index (χ4n) is 2.73. The Bertz CT molecular complexity index is 395. The van der Waals surface area contributed by atoms with Gasteiger partial charge in [0.05, 0.1) is 0 Å². The topological polar surface area (TPSA) is 15.3 Å². The van der Waals surface area contributed by atoms with Gasteiger partial charge in [-0.25, -0.2) is 0 Å². The summed E-state index contributed by atoms with van der Waals surface area (Å²) >= 11 is 9.63. The van der Waals surface area contributed by atoms with Gasteiger partial charge in [0.1, 0.15) is 0 Å². The van der Waals surface area contributed by atoms with E-state index in [1.54, 1.807) is 0 Å². The summed E-state index contributed by atoms with van der Waals surface area (Å²) in [6, 6.07) is 6.58. The van der Waals surface area contributed by atoms with Gasteiger partial charge in [-0.1, -0.05) is 33.6 Å². The number of nitrogens with one attached hydrogen (secondary N) is 1. The van der Waals surface area contributed by atoms with Crippen molar-refractivity contribution in [3.8, 4) is 0 Å². The lowest BCUT2D eigenvalue weighted by molar-refractivity contribution is 0.273. The fraction of sp³-hybridized carbons (Fsp3) is 0.538. The number of rotatable bonds is 3. The highest BCUT2D eigenvalue weighted by Gasteiger charge is 2.33. The number of benzene rings is 1. The summed E-state index contributed by atoms with van der Waals surface area (Å²) in [5.74, 6) is 0.669. The molecule has 17 heavy (non-hydrogen) atoms. The minimum Gasteiger partial charge on any atom is -0.319 e. The highest BCUT2D eigenvalue weighted by atomic mass is 79.9. The van der Waals surface area contributed by atoms with Crippen LogP contribution in [0.2, 0.25) is 5.02 Å². The van der Waals surface area contributed by atoms with Crippen LogP contribution in [0.3, 0.4) is 0 Å². The largest absolute Gasteiger partial charge is 0.319 e. The lowest BCUT2D eigenvalue weighted by Crippen LogP contribution is -2.27. The molecule has 0 spiro atoms. The zero-order chi connectivity index (χ0) is 12.4. The maximum atomic E-state index is 6.00. The van der Waals surface area contributed by atoms with Crippen molar-refractivity contribution in [2.24, 2.45) is 5.92 Å². The smallest absolute Gasteiger partial charge is 0.0417 e. The van der Waals surface area contributed by atoms with Crippen LogP contribution in [0.15, 0.2) is 22.7 Å². The predicted molar refractivity (Wildman–Crippen MR) is 76.6 cm³/mol. The first-order valence-electron chi connectivity index (χ1n) is 5.93. The molecule has 1 aliphatic heterocycles. The summed E-state index contributed by atoms with van der Waals surface area (Å²) in [4.78, 5) is 2.43. The molecule has 2 unspecified atom stereocenters. The zero-order valence-electron chi connectivity index (χ0n) is 10.2. The van der Waals surface area contributed by atoms with E-state index in [0.717, 1.165) is 22.6 Å². The second-order valence-electron chi connectivity index (χ2n) is 4.70. The Morgan fingerprint density at radius 2 is 2.29 bits per heavy atom. The molecular weight excluding hydrogens is 300 g/mol. The van der Waals surface area contributed by atoms with Crippen molar-refractivity contribution in [3.05, 3.63) is 33.3 Å². The second kappa shape index (κ2) is 5.70. The molecule has 1 aliphatic rings. The highest BCUT2D eigenvalue weighted by Crippen LogP contribution is 2.39. The Morgan fingerprint density at radius 3 is 2.94 bits per heavy atom. The van der Waals surface area contributed by atoms with E-state index in [0.29, 0.717) is 12.0 Å². The van der Waals surface area contributed by atoms with E-state index < -0.39 is 0 Å². The number of halogens is 2. The first-order valence-corrected chi connectivity index (χ1v) is 7.10. The molecule has 4 heteroatoms. The van der Waals surface area contributed by atoms with Crippen LogP contribution in [-0.2, 0) is 0 Å². The summed E-state index contributed by atoms with van der Waals surface area (Å²) in [5, 5.41) is 4.08. The number of hydrogen-bond acceptors (Lipinski definition) is 2. The SMILES string of the molecule is CNCC1CCN(C)C1c1ccc(Cl)cc1Br. The molecule has 1 aromatic carbocycles. The van der Waals surface area contributed by atoms with Gasteiger partial charge < -0.3 is 5.32 Å². The lowest BCUT2D eigenvalue weighted by Gasteiger charge is -2.26. The molecule has 0 bridgehead atoms. The third-order valence-corrected chi connectivity index (χ3v) is 4.44. The van der Waals surface area contributed by atoms with Crippen LogP contribution in [0.5, 0.6) is 0 Å². The van der Waals surface area contributed by atoms with Gasteiger partial charge in [-0.05, 0) is 57.2 Å². The maximum Gasteiger partial charge on any atom is 0.0417 e. The molecule has 2 rings (SSSR count). The van der Waals surface area contributed by atoms with E-state index in [2.05, 4.69) is 39.3 Å². The van der Waals surface area contributed by atoms with Crippen molar-refractivity contribution in [2.45, 2.75) is 12.5 Å². The standard InChI is InChI=1S/C13H18BrClN2/c1-16-8-9-5-6-17(2)13(9)11-4-3-10(15)7-12(11)14/h3-4,7,9,13,16H,5-6,8H2,1-2H3. The molecule has 2 atom stereocenters. The summed E-state index contributed by atoms with van der Waals surface area (Å²) in [6.45, 7) is 2.22. The summed E-state index contributed by atoms with van der Waals surface area (Å²) in [5.41, 5.74) is 1.34. The van der Waals surface area contributed by atoms with Crippen molar-refractivity contribution < 1.29 is 0 Å². The Morgan fingerprint density at radius 1 is 1.53 bits per heavy atom. The average Bonchev–Trinajstić information content (AvgIpc) is 2.62. The minimum atomic E-state index is 0.481. The van der Waals surface area contributed by atoms with Crippen molar-refractivity contribution in [3.63, 3.8) is 0 Å². The molecule has 94 valence electrons. The second-order valence-corrected chi connectivity index (χ2v) is 5.99. The average molecular weight is 318 g/mol. The molecule has 0 radical (unpaired) electrons. The van der Waals surface area contributed by atoms with Crippen LogP contribution in [0.1, 0.15) is 18.0 Å². The lowest BCUT2D eigenvalue weighted by atomic mass is 9.94. The van der Waals surface area contributed by atoms with Crippen LogP contribution >= 0.6 is 27.5 Å². The Kier molecular flexibility index (Phi) is 4.47. The summed E-state index contributed by atoms with van der Waals surface area (Å²) < 4.78 is 1.12. The molecule has 1 heterocycles. The first-order chi connectivity index (χ1) is 8.13. The maximum absolute atomic E-state index is 6.00. The van der Waals surface area contributed by atoms with E-state index in [1.807, 2.05) is 19.2 Å². The first kappa shape index (κ1) is 13.3. The van der Waals surface area contributed by atoms with Gasteiger partial charge in [0.25, 0.3) is 0 Å². The quantitative estimate of drug-likeness (QED) is 0.920. The Hall–Kier alpha value is -0.0900. The molecule has 0 aliphatic carbocycles. The molecular formula is C13H18BrClN2. The highest BCUT2D eigenvalue weighted by molar-refractivity contribution is 9.10. The molecule has 1 saturated heterocycles. The number of hydrogen-bond donors (Lipinski definition) is 1. The minimum absolute atomic E-state index is 0.481. The van der Waals surface area contributed by atoms with Crippen LogP contribution in [0, 0.1) is 5.92 Å². The molecule has 1 aromatic rings. The van der Waals surface area contributed by atoms with Gasteiger partial charge in [0.2, 0.25) is 0 Å². The summed E-state index contributed by atoms with van der Waals surface area (Å²) in [7, 11) is 4.22. The van der Waals surface area contributed by atoms with Gasteiger partial charge in [-0.15, -0.1) is 0 Å². The Labute approximate surface area is 116 Å². The van der Waals surface area contributed by atoms with Gasteiger partial charge in [0, 0.05) is 15.5 Å². The van der Waals surface area contributed by atoms with Gasteiger partial charge >= 0.3 is 0 Å². The van der Waals surface area contributed by atoms with E-state index >= 15 is 0 Å². The van der Waals surface area contributed by atoms with Crippen LogP contribution in [-0.4, -0.2) is 32.1 Å². The molecule has 2 nitrogen and oxygen atoms in total. The van der Waals surface area contributed by atoms with Gasteiger partial charge in [-0.3, -0.25) is 4.90 Å². The van der Waals surface area contributed by atoms with Crippen molar-refractivity contribution in [2.75, 3.05) is 27.2 Å². The monoisotopic (exact) mass is 316 g/mol. The van der Waals surface area contributed by atoms with Crippen LogP contribution in [0.4, 0.5) is 0 Å². The van der Waals surface area contributed by atoms with Crippen molar-refractivity contribution >= 4 is 27.5 Å². The summed E-state index contributed by atoms with van der Waals surface area (Å²) in [6.07, 6.45) is 1.25. The molecule has 1 N–H and O–H groups in total. The van der Waals surface area contributed by atoms with E-state index in [-0.39, 0.29) is 0 Å². The van der Waals surface area contributed by atoms with E-state index in [4.69, 9.17) is 11.6 Å². The predicted octanol–water partition coefficient (Wildman–Crippen LogP) is 3.31. The third kappa shape index (κ3) is 2.84. The molecule has 0 saturated carbocycles. The van der Waals surface area contributed by atoms with Crippen molar-refractivity contribution in [1.29, 1.82) is 0 Å². The van der Waals surface area contributed by atoms with Crippen LogP contribution in [0.25, 0.3) is 0 Å². The number of likely N-dealkylation sites (tertiary alicyclic amines) is 1.